The Balaban J connectivity index is 2.82. The van der Waals surface area contributed by atoms with Gasteiger partial charge in [-0.3, -0.25) is 0 Å². The van der Waals surface area contributed by atoms with Gasteiger partial charge in [0.15, 0.2) is 0 Å². The van der Waals surface area contributed by atoms with E-state index >= 15 is 0 Å². The number of rotatable bonds is 10. The average molecular weight is 203 g/mol. The summed E-state index contributed by atoms with van der Waals surface area (Å²) in [5.41, 5.74) is 0. The predicted octanol–water partition coefficient (Wildman–Crippen LogP) is 0.206. The maximum atomic E-state index is 8.14. The molecule has 0 saturated heterocycles. The summed E-state index contributed by atoms with van der Waals surface area (Å²) in [6, 6.07) is 1.88. The van der Waals surface area contributed by atoms with Crippen molar-refractivity contribution in [3.05, 3.63) is 0 Å². The highest BCUT2D eigenvalue weighted by atomic mass is 16.6. The Labute approximate surface area is 84.5 Å². The van der Waals surface area contributed by atoms with Crippen molar-refractivity contribution in [2.45, 2.75) is 0 Å². The second kappa shape index (κ2) is 12.3. The van der Waals surface area contributed by atoms with Crippen molar-refractivity contribution >= 4 is 0 Å². The molecule has 0 aliphatic heterocycles. The van der Waals surface area contributed by atoms with E-state index in [1.165, 1.54) is 0 Å². The number of hydrogen-bond acceptors (Lipinski definition) is 5. The van der Waals surface area contributed by atoms with E-state index in [-0.39, 0.29) is 6.61 Å². The minimum absolute atomic E-state index is 0.119. The molecule has 0 amide bonds. The summed E-state index contributed by atoms with van der Waals surface area (Å²) in [7, 11) is 1.63. The zero-order valence-electron chi connectivity index (χ0n) is 8.53. The average Bonchev–Trinajstić information content (AvgIpc) is 2.21. The van der Waals surface area contributed by atoms with E-state index in [4.69, 9.17) is 24.2 Å². The normalized spacial score (nSPS) is 10.0. The summed E-state index contributed by atoms with van der Waals surface area (Å²) in [6.07, 6.45) is 0. The molecule has 0 bridgehead atoms. The molecule has 0 atom stereocenters. The molecule has 0 fully saturated rings. The summed E-state index contributed by atoms with van der Waals surface area (Å²) < 4.78 is 20.0. The van der Waals surface area contributed by atoms with Gasteiger partial charge in [0.25, 0.3) is 0 Å². The predicted molar refractivity (Wildman–Crippen MR) is 49.9 cm³/mol. The number of nitriles is 1. The Bertz CT molecular complexity index is 146. The molecule has 0 unspecified atom stereocenters. The molecule has 0 aliphatic rings. The first-order chi connectivity index (χ1) is 6.91. The minimum atomic E-state index is 0.119. The van der Waals surface area contributed by atoms with Crippen molar-refractivity contribution in [3.63, 3.8) is 0 Å². The van der Waals surface area contributed by atoms with Crippen LogP contribution in [0.3, 0.4) is 0 Å². The quantitative estimate of drug-likeness (QED) is 0.475. The van der Waals surface area contributed by atoms with Gasteiger partial charge in [0.05, 0.1) is 45.7 Å². The smallest absolute Gasteiger partial charge is 0.133 e. The van der Waals surface area contributed by atoms with Crippen molar-refractivity contribution in [1.29, 1.82) is 5.26 Å². The molecule has 0 heterocycles. The van der Waals surface area contributed by atoms with Crippen molar-refractivity contribution in [2.24, 2.45) is 0 Å². The summed E-state index contributed by atoms with van der Waals surface area (Å²) >= 11 is 0. The van der Waals surface area contributed by atoms with E-state index in [1.54, 1.807) is 7.11 Å². The van der Waals surface area contributed by atoms with Gasteiger partial charge in [0, 0.05) is 7.11 Å². The summed E-state index contributed by atoms with van der Waals surface area (Å²) in [5.74, 6) is 0. The third-order valence-electron chi connectivity index (χ3n) is 1.34. The highest BCUT2D eigenvalue weighted by Gasteiger charge is 1.90. The van der Waals surface area contributed by atoms with Crippen LogP contribution in [0.2, 0.25) is 0 Å². The van der Waals surface area contributed by atoms with Crippen LogP contribution in [0, 0.1) is 11.3 Å². The Morgan fingerprint density at radius 3 is 1.86 bits per heavy atom. The number of hydrogen-bond donors (Lipinski definition) is 0. The molecule has 14 heavy (non-hydrogen) atoms. The third kappa shape index (κ3) is 11.3. The van der Waals surface area contributed by atoms with Crippen LogP contribution in [-0.2, 0) is 18.9 Å². The second-order valence-electron chi connectivity index (χ2n) is 2.43. The zero-order chi connectivity index (χ0) is 10.5. The summed E-state index contributed by atoms with van der Waals surface area (Å²) in [5, 5.41) is 8.14. The lowest BCUT2D eigenvalue weighted by Gasteiger charge is -2.04. The molecule has 0 aliphatic carbocycles. The first-order valence-corrected chi connectivity index (χ1v) is 4.51. The SMILES string of the molecule is COCCOCCOCCOCC#N. The standard InChI is InChI=1S/C9H17NO4/c1-11-4-5-13-8-9-14-7-6-12-3-2-10/h3-9H2,1H3. The van der Waals surface area contributed by atoms with E-state index in [2.05, 4.69) is 0 Å². The fourth-order valence-corrected chi connectivity index (χ4v) is 0.700. The minimum Gasteiger partial charge on any atom is -0.382 e. The maximum Gasteiger partial charge on any atom is 0.133 e. The monoisotopic (exact) mass is 203 g/mol. The molecule has 5 heteroatoms. The van der Waals surface area contributed by atoms with Crippen LogP contribution >= 0.6 is 0 Å². The van der Waals surface area contributed by atoms with Crippen LogP contribution in [-0.4, -0.2) is 53.4 Å². The maximum absolute atomic E-state index is 8.14. The molecule has 5 nitrogen and oxygen atoms in total. The Morgan fingerprint density at radius 1 is 0.857 bits per heavy atom. The highest BCUT2D eigenvalue weighted by molar-refractivity contribution is 4.65. The first kappa shape index (κ1) is 13.3. The lowest BCUT2D eigenvalue weighted by atomic mass is 10.7. The largest absolute Gasteiger partial charge is 0.382 e. The molecule has 0 aromatic carbocycles. The molecule has 0 saturated carbocycles. The molecule has 0 spiro atoms. The molecule has 0 N–H and O–H groups in total. The first-order valence-electron chi connectivity index (χ1n) is 4.51. The van der Waals surface area contributed by atoms with Gasteiger partial charge < -0.3 is 18.9 Å². The van der Waals surface area contributed by atoms with Crippen LogP contribution in [0.4, 0.5) is 0 Å². The van der Waals surface area contributed by atoms with Crippen LogP contribution in [0.1, 0.15) is 0 Å². The van der Waals surface area contributed by atoms with Gasteiger partial charge in [-0.2, -0.15) is 5.26 Å². The van der Waals surface area contributed by atoms with E-state index in [1.807, 2.05) is 6.07 Å². The van der Waals surface area contributed by atoms with Gasteiger partial charge in [-0.05, 0) is 0 Å². The van der Waals surface area contributed by atoms with Gasteiger partial charge in [-0.1, -0.05) is 0 Å². The Hall–Kier alpha value is -0.670. The topological polar surface area (TPSA) is 60.7 Å². The van der Waals surface area contributed by atoms with Crippen LogP contribution < -0.4 is 0 Å². The van der Waals surface area contributed by atoms with Gasteiger partial charge >= 0.3 is 0 Å². The Morgan fingerprint density at radius 2 is 1.36 bits per heavy atom. The summed E-state index contributed by atoms with van der Waals surface area (Å²) in [6.45, 7) is 3.35. The Kier molecular flexibility index (Phi) is 11.7. The van der Waals surface area contributed by atoms with Crippen LogP contribution in [0.15, 0.2) is 0 Å². The van der Waals surface area contributed by atoms with Crippen molar-refractivity contribution in [3.8, 4) is 6.07 Å². The van der Waals surface area contributed by atoms with Crippen LogP contribution in [0.5, 0.6) is 0 Å². The summed E-state index contributed by atoms with van der Waals surface area (Å²) in [4.78, 5) is 0. The molecule has 0 radical (unpaired) electrons. The van der Waals surface area contributed by atoms with Gasteiger partial charge in [-0.25, -0.2) is 0 Å². The van der Waals surface area contributed by atoms with E-state index in [0.717, 1.165) is 0 Å². The highest BCUT2D eigenvalue weighted by Crippen LogP contribution is 1.81. The van der Waals surface area contributed by atoms with Crippen LogP contribution in [0.25, 0.3) is 0 Å². The molecule has 0 aromatic heterocycles. The lowest BCUT2D eigenvalue weighted by molar-refractivity contribution is 0.00748. The van der Waals surface area contributed by atoms with Gasteiger partial charge in [-0.15, -0.1) is 0 Å². The molecule has 0 aromatic rings. The second-order valence-corrected chi connectivity index (χ2v) is 2.43. The van der Waals surface area contributed by atoms with Crippen molar-refractivity contribution < 1.29 is 18.9 Å². The number of nitrogens with zero attached hydrogens (tertiary/aromatic N) is 1. The van der Waals surface area contributed by atoms with Crippen molar-refractivity contribution in [1.82, 2.24) is 0 Å². The van der Waals surface area contributed by atoms with Gasteiger partial charge in [0.2, 0.25) is 0 Å². The molecular weight excluding hydrogens is 186 g/mol. The third-order valence-corrected chi connectivity index (χ3v) is 1.34. The van der Waals surface area contributed by atoms with Crippen molar-refractivity contribution in [2.75, 3.05) is 53.4 Å². The molecule has 82 valence electrons. The van der Waals surface area contributed by atoms with E-state index < -0.39 is 0 Å². The number of methoxy groups -OCH3 is 1. The fourth-order valence-electron chi connectivity index (χ4n) is 0.700. The molecule has 0 rings (SSSR count). The zero-order valence-corrected chi connectivity index (χ0v) is 8.53. The molecular formula is C9H17NO4. The fraction of sp³-hybridized carbons (Fsp3) is 0.889. The number of ether oxygens (including phenoxy) is 4. The lowest BCUT2D eigenvalue weighted by Crippen LogP contribution is -2.11. The van der Waals surface area contributed by atoms with E-state index in [9.17, 15) is 0 Å². The van der Waals surface area contributed by atoms with Gasteiger partial charge in [0.1, 0.15) is 6.61 Å². The van der Waals surface area contributed by atoms with E-state index in [0.29, 0.717) is 39.6 Å².